The third kappa shape index (κ3) is 3.32. The van der Waals surface area contributed by atoms with E-state index in [1.54, 1.807) is 18.4 Å². The Morgan fingerprint density at radius 3 is 2.60 bits per heavy atom. The summed E-state index contributed by atoms with van der Waals surface area (Å²) in [6.45, 7) is 6.95. The predicted octanol–water partition coefficient (Wildman–Crippen LogP) is 3.41. The summed E-state index contributed by atoms with van der Waals surface area (Å²) in [5.74, 6) is 0.574. The molecule has 0 saturated carbocycles. The second-order valence-corrected chi connectivity index (χ2v) is 11.1. The molecule has 1 amide bonds. The lowest BCUT2D eigenvalue weighted by Crippen LogP contribution is -2.43. The predicted molar refractivity (Wildman–Crippen MR) is 84.3 cm³/mol. The molecule has 5 heteroatoms. The van der Waals surface area contributed by atoms with E-state index >= 15 is 0 Å². The van der Waals surface area contributed by atoms with Gasteiger partial charge >= 0.3 is 0 Å². The van der Waals surface area contributed by atoms with Crippen molar-refractivity contribution in [3.8, 4) is 0 Å². The summed E-state index contributed by atoms with van der Waals surface area (Å²) in [4.78, 5) is 12.4. The molecule has 0 fully saturated rings. The summed E-state index contributed by atoms with van der Waals surface area (Å²) in [7, 11) is -1.64. The highest BCUT2D eigenvalue weighted by Gasteiger charge is 2.25. The largest absolute Gasteiger partial charge is 0.467 e. The molecule has 0 saturated heterocycles. The summed E-state index contributed by atoms with van der Waals surface area (Å²) in [5, 5.41) is 4.43. The summed E-state index contributed by atoms with van der Waals surface area (Å²) >= 11 is 6.23. The second kappa shape index (κ2) is 5.85. The Bertz CT molecular complexity index is 603. The van der Waals surface area contributed by atoms with E-state index in [2.05, 4.69) is 25.0 Å². The number of carbonyl (C=O) groups excluding carboxylic acids is 1. The van der Waals surface area contributed by atoms with E-state index in [1.807, 2.05) is 18.2 Å². The van der Waals surface area contributed by atoms with Gasteiger partial charge in [0.15, 0.2) is 0 Å². The number of hydrogen-bond acceptors (Lipinski definition) is 2. The molecule has 0 radical (unpaired) electrons. The Balaban J connectivity index is 2.25. The van der Waals surface area contributed by atoms with Gasteiger partial charge in [-0.15, -0.1) is 0 Å². The van der Waals surface area contributed by atoms with Crippen LogP contribution in [0.1, 0.15) is 16.1 Å². The minimum absolute atomic E-state index is 0.149. The van der Waals surface area contributed by atoms with Gasteiger partial charge in [-0.1, -0.05) is 43.4 Å². The topological polar surface area (TPSA) is 42.2 Å². The van der Waals surface area contributed by atoms with Gasteiger partial charge in [-0.25, -0.2) is 0 Å². The third-order valence-electron chi connectivity index (χ3n) is 3.05. The van der Waals surface area contributed by atoms with E-state index in [-0.39, 0.29) is 5.91 Å². The third-order valence-corrected chi connectivity index (χ3v) is 5.40. The van der Waals surface area contributed by atoms with Crippen molar-refractivity contribution in [3.05, 3.63) is 52.9 Å². The van der Waals surface area contributed by atoms with Crippen LogP contribution >= 0.6 is 11.6 Å². The first kappa shape index (κ1) is 14.9. The summed E-state index contributed by atoms with van der Waals surface area (Å²) < 4.78 is 5.21. The standard InChI is InChI=1S/C15H18ClNO2Si/c1-20(2,3)13-8-4-7-12(16)14(13)15(18)17-10-11-6-5-9-19-11/h4-9H,10H2,1-3H3,(H,17,18). The Hall–Kier alpha value is -1.52. The molecular weight excluding hydrogens is 290 g/mol. The van der Waals surface area contributed by atoms with Crippen LogP contribution in [0.5, 0.6) is 0 Å². The van der Waals surface area contributed by atoms with E-state index in [9.17, 15) is 4.79 Å². The molecule has 0 bridgehead atoms. The maximum atomic E-state index is 12.4. The highest BCUT2D eigenvalue weighted by molar-refractivity contribution is 6.89. The fourth-order valence-electron chi connectivity index (χ4n) is 2.05. The lowest BCUT2D eigenvalue weighted by Gasteiger charge is -2.21. The number of hydrogen-bond donors (Lipinski definition) is 1. The first-order chi connectivity index (χ1) is 9.39. The van der Waals surface area contributed by atoms with E-state index in [1.165, 1.54) is 0 Å². The van der Waals surface area contributed by atoms with Crippen LogP contribution < -0.4 is 10.5 Å². The van der Waals surface area contributed by atoms with E-state index in [0.29, 0.717) is 17.1 Å². The Labute approximate surface area is 125 Å². The summed E-state index contributed by atoms with van der Waals surface area (Å²) in [5.41, 5.74) is 0.597. The average Bonchev–Trinajstić information content (AvgIpc) is 2.87. The summed E-state index contributed by atoms with van der Waals surface area (Å²) in [6, 6.07) is 9.28. The zero-order valence-corrected chi connectivity index (χ0v) is 13.6. The van der Waals surface area contributed by atoms with Crippen molar-refractivity contribution in [2.24, 2.45) is 0 Å². The van der Waals surface area contributed by atoms with Crippen molar-refractivity contribution < 1.29 is 9.21 Å². The van der Waals surface area contributed by atoms with Crippen molar-refractivity contribution in [2.45, 2.75) is 26.2 Å². The van der Waals surface area contributed by atoms with Crippen molar-refractivity contribution in [3.63, 3.8) is 0 Å². The number of carbonyl (C=O) groups is 1. The molecule has 1 aromatic heterocycles. The minimum Gasteiger partial charge on any atom is -0.467 e. The molecule has 1 heterocycles. The average molecular weight is 308 g/mol. The maximum absolute atomic E-state index is 12.4. The maximum Gasteiger partial charge on any atom is 0.253 e. The number of amides is 1. The number of halogens is 1. The molecule has 1 aromatic carbocycles. The van der Waals surface area contributed by atoms with Gasteiger partial charge in [0.25, 0.3) is 5.91 Å². The molecule has 1 N–H and O–H groups in total. The van der Waals surface area contributed by atoms with Gasteiger partial charge in [0.1, 0.15) is 5.76 Å². The van der Waals surface area contributed by atoms with E-state index in [0.717, 1.165) is 10.9 Å². The Kier molecular flexibility index (Phi) is 4.35. The van der Waals surface area contributed by atoms with Gasteiger partial charge < -0.3 is 9.73 Å². The number of benzene rings is 1. The van der Waals surface area contributed by atoms with Crippen LogP contribution in [0.15, 0.2) is 41.0 Å². The molecule has 20 heavy (non-hydrogen) atoms. The first-order valence-corrected chi connectivity index (χ1v) is 10.4. The molecule has 2 aromatic rings. The molecule has 0 aliphatic carbocycles. The van der Waals surface area contributed by atoms with Crippen LogP contribution in [-0.2, 0) is 6.54 Å². The van der Waals surface area contributed by atoms with Gasteiger partial charge in [0, 0.05) is 0 Å². The fourth-order valence-corrected chi connectivity index (χ4v) is 3.98. The van der Waals surface area contributed by atoms with Crippen LogP contribution in [0.2, 0.25) is 24.7 Å². The quantitative estimate of drug-likeness (QED) is 0.880. The minimum atomic E-state index is -1.64. The normalized spacial score (nSPS) is 11.4. The SMILES string of the molecule is C[Si](C)(C)c1cccc(Cl)c1C(=O)NCc1ccco1. The molecule has 0 spiro atoms. The van der Waals surface area contributed by atoms with Crippen molar-refractivity contribution in [1.29, 1.82) is 0 Å². The Morgan fingerprint density at radius 2 is 2.00 bits per heavy atom. The van der Waals surface area contributed by atoms with Gasteiger partial charge in [-0.2, -0.15) is 0 Å². The number of nitrogens with one attached hydrogen (secondary N) is 1. The van der Waals surface area contributed by atoms with Gasteiger partial charge in [-0.3, -0.25) is 4.79 Å². The van der Waals surface area contributed by atoms with E-state index in [4.69, 9.17) is 16.0 Å². The zero-order chi connectivity index (χ0) is 14.8. The van der Waals surface area contributed by atoms with Crippen LogP contribution in [0, 0.1) is 0 Å². The molecule has 0 aliphatic heterocycles. The molecule has 0 unspecified atom stereocenters. The lowest BCUT2D eigenvalue weighted by molar-refractivity contribution is 0.0949. The van der Waals surface area contributed by atoms with Crippen LogP contribution in [0.3, 0.4) is 0 Å². The second-order valence-electron chi connectivity index (χ2n) is 5.67. The smallest absolute Gasteiger partial charge is 0.253 e. The van der Waals surface area contributed by atoms with Crippen LogP contribution in [0.25, 0.3) is 0 Å². The first-order valence-electron chi connectivity index (χ1n) is 6.49. The summed E-state index contributed by atoms with van der Waals surface area (Å²) in [6.07, 6.45) is 1.59. The van der Waals surface area contributed by atoms with Crippen molar-refractivity contribution in [1.82, 2.24) is 5.32 Å². The number of furan rings is 1. The van der Waals surface area contributed by atoms with Crippen LogP contribution in [-0.4, -0.2) is 14.0 Å². The highest BCUT2D eigenvalue weighted by atomic mass is 35.5. The monoisotopic (exact) mass is 307 g/mol. The number of rotatable bonds is 4. The fraction of sp³-hybridized carbons (Fsp3) is 0.267. The molecule has 0 aliphatic rings. The van der Waals surface area contributed by atoms with Gasteiger partial charge in [0.2, 0.25) is 0 Å². The highest BCUT2D eigenvalue weighted by Crippen LogP contribution is 2.17. The molecule has 3 nitrogen and oxygen atoms in total. The van der Waals surface area contributed by atoms with Crippen molar-refractivity contribution >= 4 is 30.8 Å². The van der Waals surface area contributed by atoms with Crippen LogP contribution in [0.4, 0.5) is 0 Å². The van der Waals surface area contributed by atoms with Gasteiger partial charge in [-0.05, 0) is 23.4 Å². The molecule has 0 atom stereocenters. The molecular formula is C15H18ClNO2Si. The lowest BCUT2D eigenvalue weighted by atomic mass is 10.2. The zero-order valence-electron chi connectivity index (χ0n) is 11.9. The van der Waals surface area contributed by atoms with Gasteiger partial charge in [0.05, 0.1) is 31.5 Å². The molecule has 2 rings (SSSR count). The Morgan fingerprint density at radius 1 is 1.25 bits per heavy atom. The van der Waals surface area contributed by atoms with E-state index < -0.39 is 8.07 Å². The molecule has 106 valence electrons. The van der Waals surface area contributed by atoms with Crippen molar-refractivity contribution in [2.75, 3.05) is 0 Å².